The SMILES string of the molecule is OCCC1CCCN(c2ncnc3c2ncn3C2CC2)CC1. The molecule has 2 aromatic rings. The molecule has 2 fully saturated rings. The van der Waals surface area contributed by atoms with Crippen molar-refractivity contribution in [2.75, 3.05) is 24.6 Å². The Hall–Kier alpha value is -1.69. The predicted octanol–water partition coefficient (Wildman–Crippen LogP) is 2.15. The minimum absolute atomic E-state index is 0.300. The van der Waals surface area contributed by atoms with E-state index in [2.05, 4.69) is 24.4 Å². The Balaban J connectivity index is 1.60. The first-order valence-electron chi connectivity index (χ1n) is 8.40. The molecule has 1 unspecified atom stereocenters. The van der Waals surface area contributed by atoms with E-state index in [0.717, 1.165) is 49.3 Å². The van der Waals surface area contributed by atoms with Gasteiger partial charge in [0.25, 0.3) is 0 Å². The predicted molar refractivity (Wildman–Crippen MR) is 84.9 cm³/mol. The third kappa shape index (κ3) is 2.56. The molecule has 1 saturated heterocycles. The summed E-state index contributed by atoms with van der Waals surface area (Å²) in [4.78, 5) is 15.9. The molecule has 1 aliphatic heterocycles. The maximum atomic E-state index is 9.15. The lowest BCUT2D eigenvalue weighted by Gasteiger charge is -2.21. The van der Waals surface area contributed by atoms with Gasteiger partial charge in [-0.1, -0.05) is 0 Å². The van der Waals surface area contributed by atoms with E-state index >= 15 is 0 Å². The number of anilines is 1. The number of hydrogen-bond acceptors (Lipinski definition) is 5. The summed E-state index contributed by atoms with van der Waals surface area (Å²) in [7, 11) is 0. The number of hydrogen-bond donors (Lipinski definition) is 1. The Morgan fingerprint density at radius 2 is 2.00 bits per heavy atom. The van der Waals surface area contributed by atoms with Gasteiger partial charge in [0.2, 0.25) is 0 Å². The number of aromatic nitrogens is 4. The van der Waals surface area contributed by atoms with Gasteiger partial charge in [0.1, 0.15) is 6.33 Å². The monoisotopic (exact) mass is 301 g/mol. The van der Waals surface area contributed by atoms with Gasteiger partial charge in [0.05, 0.1) is 6.33 Å². The molecule has 1 N–H and O–H groups in total. The van der Waals surface area contributed by atoms with Gasteiger partial charge in [-0.15, -0.1) is 0 Å². The highest BCUT2D eigenvalue weighted by Gasteiger charge is 2.27. The Morgan fingerprint density at radius 3 is 2.82 bits per heavy atom. The van der Waals surface area contributed by atoms with Crippen LogP contribution in [0.1, 0.15) is 44.6 Å². The molecule has 4 rings (SSSR count). The van der Waals surface area contributed by atoms with Crippen molar-refractivity contribution in [1.82, 2.24) is 19.5 Å². The van der Waals surface area contributed by atoms with Gasteiger partial charge in [-0.05, 0) is 44.4 Å². The number of nitrogens with zero attached hydrogens (tertiary/aromatic N) is 5. The third-order valence-corrected chi connectivity index (χ3v) is 4.96. The zero-order valence-electron chi connectivity index (χ0n) is 12.9. The summed E-state index contributed by atoms with van der Waals surface area (Å²) >= 11 is 0. The van der Waals surface area contributed by atoms with E-state index in [1.54, 1.807) is 6.33 Å². The van der Waals surface area contributed by atoms with Crippen LogP contribution in [0.3, 0.4) is 0 Å². The van der Waals surface area contributed by atoms with Crippen LogP contribution in [0, 0.1) is 5.92 Å². The molecule has 0 amide bonds. The number of fused-ring (bicyclic) bond motifs is 1. The summed E-state index contributed by atoms with van der Waals surface area (Å²) in [5.41, 5.74) is 1.92. The van der Waals surface area contributed by atoms with Crippen LogP contribution >= 0.6 is 0 Å². The van der Waals surface area contributed by atoms with Crippen LogP contribution in [0.25, 0.3) is 11.2 Å². The topological polar surface area (TPSA) is 67.1 Å². The molecule has 2 aromatic heterocycles. The van der Waals surface area contributed by atoms with Crippen LogP contribution in [0.2, 0.25) is 0 Å². The molecule has 3 heterocycles. The van der Waals surface area contributed by atoms with Crippen molar-refractivity contribution in [2.45, 2.75) is 44.6 Å². The summed E-state index contributed by atoms with van der Waals surface area (Å²) in [5, 5.41) is 9.15. The van der Waals surface area contributed by atoms with Crippen molar-refractivity contribution in [1.29, 1.82) is 0 Å². The van der Waals surface area contributed by atoms with Crippen molar-refractivity contribution in [3.05, 3.63) is 12.7 Å². The Morgan fingerprint density at radius 1 is 1.09 bits per heavy atom. The van der Waals surface area contributed by atoms with E-state index in [1.807, 2.05) is 6.33 Å². The van der Waals surface area contributed by atoms with Crippen molar-refractivity contribution in [2.24, 2.45) is 5.92 Å². The molecule has 0 bridgehead atoms. The second-order valence-electron chi connectivity index (χ2n) is 6.55. The fraction of sp³-hybridized carbons (Fsp3) is 0.688. The Bertz CT molecular complexity index is 651. The molecular weight excluding hydrogens is 278 g/mol. The summed E-state index contributed by atoms with van der Waals surface area (Å²) in [6, 6.07) is 0.589. The molecule has 22 heavy (non-hydrogen) atoms. The summed E-state index contributed by atoms with van der Waals surface area (Å²) in [6.07, 6.45) is 10.5. The van der Waals surface area contributed by atoms with E-state index in [4.69, 9.17) is 5.11 Å². The van der Waals surface area contributed by atoms with E-state index in [9.17, 15) is 0 Å². The van der Waals surface area contributed by atoms with E-state index in [0.29, 0.717) is 18.6 Å². The number of aliphatic hydroxyl groups is 1. The first-order chi connectivity index (χ1) is 10.9. The molecule has 0 aromatic carbocycles. The average molecular weight is 301 g/mol. The molecule has 1 aliphatic carbocycles. The van der Waals surface area contributed by atoms with Gasteiger partial charge < -0.3 is 14.6 Å². The van der Waals surface area contributed by atoms with Crippen LogP contribution in [0.4, 0.5) is 5.82 Å². The lowest BCUT2D eigenvalue weighted by molar-refractivity contribution is 0.249. The summed E-state index contributed by atoms with van der Waals surface area (Å²) < 4.78 is 2.20. The Labute approximate surface area is 130 Å². The van der Waals surface area contributed by atoms with Gasteiger partial charge in [0, 0.05) is 25.7 Å². The minimum atomic E-state index is 0.300. The largest absolute Gasteiger partial charge is 0.396 e. The molecule has 118 valence electrons. The lowest BCUT2D eigenvalue weighted by atomic mass is 9.98. The number of aliphatic hydroxyl groups excluding tert-OH is 1. The van der Waals surface area contributed by atoms with Gasteiger partial charge in [-0.3, -0.25) is 0 Å². The van der Waals surface area contributed by atoms with Crippen LogP contribution in [-0.2, 0) is 0 Å². The average Bonchev–Trinajstić information content (AvgIpc) is 3.32. The number of imidazole rings is 1. The van der Waals surface area contributed by atoms with Crippen molar-refractivity contribution in [3.63, 3.8) is 0 Å². The van der Waals surface area contributed by atoms with Crippen molar-refractivity contribution in [3.8, 4) is 0 Å². The molecule has 6 nitrogen and oxygen atoms in total. The standard InChI is InChI=1S/C16H23N5O/c22-9-6-12-2-1-7-20(8-5-12)15-14-16(18-10-17-15)21(11-19-14)13-3-4-13/h10-13,22H,1-9H2. The maximum absolute atomic E-state index is 9.15. The van der Waals surface area contributed by atoms with E-state index in [-0.39, 0.29) is 0 Å². The quantitative estimate of drug-likeness (QED) is 0.937. The molecule has 1 saturated carbocycles. The highest BCUT2D eigenvalue weighted by atomic mass is 16.3. The third-order valence-electron chi connectivity index (χ3n) is 4.96. The van der Waals surface area contributed by atoms with Crippen LogP contribution in [-0.4, -0.2) is 44.3 Å². The molecular formula is C16H23N5O. The lowest BCUT2D eigenvalue weighted by Crippen LogP contribution is -2.25. The smallest absolute Gasteiger partial charge is 0.165 e. The molecule has 1 atom stereocenters. The normalized spacial score (nSPS) is 23.0. The summed E-state index contributed by atoms with van der Waals surface area (Å²) in [6.45, 7) is 2.31. The van der Waals surface area contributed by atoms with Crippen molar-refractivity contribution >= 4 is 17.0 Å². The molecule has 2 aliphatic rings. The second-order valence-corrected chi connectivity index (χ2v) is 6.55. The van der Waals surface area contributed by atoms with Gasteiger partial charge >= 0.3 is 0 Å². The van der Waals surface area contributed by atoms with Crippen molar-refractivity contribution < 1.29 is 5.11 Å². The first kappa shape index (κ1) is 13.9. The highest BCUT2D eigenvalue weighted by molar-refractivity contribution is 5.83. The second kappa shape index (κ2) is 5.83. The van der Waals surface area contributed by atoms with Crippen LogP contribution in [0.5, 0.6) is 0 Å². The fourth-order valence-electron chi connectivity index (χ4n) is 3.54. The van der Waals surface area contributed by atoms with E-state index < -0.39 is 0 Å². The maximum Gasteiger partial charge on any atom is 0.165 e. The first-order valence-corrected chi connectivity index (χ1v) is 8.40. The van der Waals surface area contributed by atoms with Gasteiger partial charge in [-0.2, -0.15) is 0 Å². The van der Waals surface area contributed by atoms with E-state index in [1.165, 1.54) is 19.3 Å². The zero-order chi connectivity index (χ0) is 14.9. The minimum Gasteiger partial charge on any atom is -0.396 e. The number of rotatable bonds is 4. The highest BCUT2D eigenvalue weighted by Crippen LogP contribution is 2.37. The Kier molecular flexibility index (Phi) is 3.70. The summed E-state index contributed by atoms with van der Waals surface area (Å²) in [5.74, 6) is 1.62. The molecule has 0 radical (unpaired) electrons. The van der Waals surface area contributed by atoms with Gasteiger partial charge in [-0.25, -0.2) is 15.0 Å². The fourth-order valence-corrected chi connectivity index (χ4v) is 3.54. The molecule has 6 heteroatoms. The van der Waals surface area contributed by atoms with Crippen LogP contribution < -0.4 is 4.90 Å². The van der Waals surface area contributed by atoms with Crippen LogP contribution in [0.15, 0.2) is 12.7 Å². The molecule has 0 spiro atoms. The zero-order valence-corrected chi connectivity index (χ0v) is 12.9. The van der Waals surface area contributed by atoms with Gasteiger partial charge in [0.15, 0.2) is 17.0 Å².